The molecule has 0 amide bonds. The van der Waals surface area contributed by atoms with Crippen molar-refractivity contribution in [2.24, 2.45) is 0 Å². The minimum atomic E-state index is 0.178. The van der Waals surface area contributed by atoms with Crippen molar-refractivity contribution in [3.8, 4) is 0 Å². The second kappa shape index (κ2) is 2.96. The van der Waals surface area contributed by atoms with E-state index in [1.807, 2.05) is 0 Å². The lowest BCUT2D eigenvalue weighted by Gasteiger charge is -2.05. The Bertz CT molecular complexity index is 219. The van der Waals surface area contributed by atoms with E-state index in [2.05, 4.69) is 16.2 Å². The first-order chi connectivity index (χ1) is 5.47. The molecule has 0 bridgehead atoms. The second-order valence-electron chi connectivity index (χ2n) is 2.57. The van der Waals surface area contributed by atoms with E-state index in [0.717, 1.165) is 25.1 Å². The SMILES string of the molecule is [c]1cnc(C2CCCO2)cn1. The molecule has 2 rings (SSSR count). The highest BCUT2D eigenvalue weighted by atomic mass is 16.5. The Labute approximate surface area is 65.4 Å². The molecule has 1 saturated heterocycles. The molecule has 1 aromatic rings. The lowest BCUT2D eigenvalue weighted by atomic mass is 10.2. The average Bonchev–Trinajstić information content (AvgIpc) is 2.58. The maximum absolute atomic E-state index is 5.42. The zero-order valence-electron chi connectivity index (χ0n) is 6.16. The summed E-state index contributed by atoms with van der Waals surface area (Å²) in [4.78, 5) is 7.98. The second-order valence-corrected chi connectivity index (χ2v) is 2.57. The molecule has 0 aliphatic carbocycles. The van der Waals surface area contributed by atoms with Crippen LogP contribution >= 0.6 is 0 Å². The van der Waals surface area contributed by atoms with Crippen LogP contribution in [0.25, 0.3) is 0 Å². The van der Waals surface area contributed by atoms with Crippen LogP contribution in [0.1, 0.15) is 24.6 Å². The Morgan fingerprint density at radius 3 is 3.27 bits per heavy atom. The van der Waals surface area contributed by atoms with Gasteiger partial charge in [-0.15, -0.1) is 0 Å². The summed E-state index contributed by atoms with van der Waals surface area (Å²) in [6.07, 6.45) is 8.31. The van der Waals surface area contributed by atoms with Crippen LogP contribution in [0, 0.1) is 6.20 Å². The summed E-state index contributed by atoms with van der Waals surface area (Å²) < 4.78 is 5.42. The van der Waals surface area contributed by atoms with Gasteiger partial charge >= 0.3 is 0 Å². The Morgan fingerprint density at radius 1 is 1.64 bits per heavy atom. The molecular formula is C8H9N2O. The van der Waals surface area contributed by atoms with Crippen molar-refractivity contribution < 1.29 is 4.74 Å². The lowest BCUT2D eigenvalue weighted by Crippen LogP contribution is -1.98. The van der Waals surface area contributed by atoms with E-state index < -0.39 is 0 Å². The zero-order valence-corrected chi connectivity index (χ0v) is 6.16. The minimum Gasteiger partial charge on any atom is -0.372 e. The molecule has 1 atom stereocenters. The molecule has 0 N–H and O–H groups in total. The van der Waals surface area contributed by atoms with Crippen molar-refractivity contribution in [1.82, 2.24) is 9.97 Å². The molecule has 0 spiro atoms. The molecule has 1 radical (unpaired) electrons. The number of aromatic nitrogens is 2. The van der Waals surface area contributed by atoms with Crippen LogP contribution in [-0.4, -0.2) is 16.6 Å². The molecule has 1 aromatic heterocycles. The predicted octanol–water partition coefficient (Wildman–Crippen LogP) is 1.13. The summed E-state index contributed by atoms with van der Waals surface area (Å²) in [6, 6.07) is 0. The summed E-state index contributed by atoms with van der Waals surface area (Å²) in [5, 5.41) is 0. The van der Waals surface area contributed by atoms with E-state index in [1.54, 1.807) is 12.4 Å². The van der Waals surface area contributed by atoms with Gasteiger partial charge in [0, 0.05) is 6.61 Å². The standard InChI is InChI=1S/C8H9N2O/c1-2-8(11-5-1)7-6-9-3-4-10-7/h4,6,8H,1-2,5H2. The van der Waals surface area contributed by atoms with E-state index in [9.17, 15) is 0 Å². The van der Waals surface area contributed by atoms with Crippen molar-refractivity contribution in [2.45, 2.75) is 18.9 Å². The van der Waals surface area contributed by atoms with Gasteiger partial charge in [-0.2, -0.15) is 0 Å². The molecule has 3 heteroatoms. The first-order valence-electron chi connectivity index (χ1n) is 3.76. The molecule has 1 aliphatic rings. The summed E-state index contributed by atoms with van der Waals surface area (Å²) in [6.45, 7) is 0.852. The molecule has 1 fully saturated rings. The minimum absolute atomic E-state index is 0.178. The van der Waals surface area contributed by atoms with E-state index in [-0.39, 0.29) is 6.10 Å². The third-order valence-electron chi connectivity index (χ3n) is 1.80. The molecule has 3 nitrogen and oxygen atoms in total. The van der Waals surface area contributed by atoms with Gasteiger partial charge in [0.1, 0.15) is 12.3 Å². The van der Waals surface area contributed by atoms with E-state index >= 15 is 0 Å². The first-order valence-corrected chi connectivity index (χ1v) is 3.76. The fourth-order valence-corrected chi connectivity index (χ4v) is 1.25. The molecular weight excluding hydrogens is 140 g/mol. The van der Waals surface area contributed by atoms with Crippen molar-refractivity contribution in [3.05, 3.63) is 24.3 Å². The normalized spacial score (nSPS) is 23.8. The highest BCUT2D eigenvalue weighted by Crippen LogP contribution is 2.25. The molecule has 11 heavy (non-hydrogen) atoms. The largest absolute Gasteiger partial charge is 0.372 e. The van der Waals surface area contributed by atoms with Gasteiger partial charge in [0.2, 0.25) is 0 Å². The molecule has 57 valence electrons. The Morgan fingerprint density at radius 2 is 2.64 bits per heavy atom. The van der Waals surface area contributed by atoms with E-state index in [4.69, 9.17) is 4.74 Å². The highest BCUT2D eigenvalue weighted by molar-refractivity contribution is 5.00. The smallest absolute Gasteiger partial charge is 0.108 e. The maximum Gasteiger partial charge on any atom is 0.108 e. The molecule has 0 aromatic carbocycles. The molecule has 0 saturated carbocycles. The number of hydrogen-bond acceptors (Lipinski definition) is 3. The van der Waals surface area contributed by atoms with Gasteiger partial charge in [0.05, 0.1) is 18.1 Å². The summed E-state index contributed by atoms with van der Waals surface area (Å²) in [7, 11) is 0. The highest BCUT2D eigenvalue weighted by Gasteiger charge is 2.18. The van der Waals surface area contributed by atoms with Gasteiger partial charge in [-0.1, -0.05) is 0 Å². The molecule has 1 aliphatic heterocycles. The van der Waals surface area contributed by atoms with Gasteiger partial charge in [0.25, 0.3) is 0 Å². The van der Waals surface area contributed by atoms with Crippen molar-refractivity contribution in [2.75, 3.05) is 6.61 Å². The maximum atomic E-state index is 5.42. The van der Waals surface area contributed by atoms with Crippen LogP contribution in [-0.2, 0) is 4.74 Å². The third-order valence-corrected chi connectivity index (χ3v) is 1.80. The van der Waals surface area contributed by atoms with Crippen LogP contribution < -0.4 is 0 Å². The van der Waals surface area contributed by atoms with Crippen LogP contribution in [0.15, 0.2) is 12.4 Å². The molecule has 2 heterocycles. The van der Waals surface area contributed by atoms with E-state index in [0.29, 0.717) is 0 Å². The van der Waals surface area contributed by atoms with E-state index in [1.165, 1.54) is 0 Å². The molecule has 1 unspecified atom stereocenters. The van der Waals surface area contributed by atoms with Crippen molar-refractivity contribution >= 4 is 0 Å². The fraction of sp³-hybridized carbons (Fsp3) is 0.500. The Balaban J connectivity index is 2.16. The Kier molecular flexibility index (Phi) is 1.81. The first kappa shape index (κ1) is 6.73. The van der Waals surface area contributed by atoms with Crippen LogP contribution in [0.2, 0.25) is 0 Å². The van der Waals surface area contributed by atoms with Gasteiger partial charge in [-0.25, -0.2) is 0 Å². The lowest BCUT2D eigenvalue weighted by molar-refractivity contribution is 0.108. The number of hydrogen-bond donors (Lipinski definition) is 0. The summed E-state index contributed by atoms with van der Waals surface area (Å²) in [5.41, 5.74) is 0.932. The van der Waals surface area contributed by atoms with Crippen LogP contribution in [0.3, 0.4) is 0 Å². The number of nitrogens with zero attached hydrogens (tertiary/aromatic N) is 2. The number of rotatable bonds is 1. The zero-order chi connectivity index (χ0) is 7.52. The van der Waals surface area contributed by atoms with Crippen LogP contribution in [0.5, 0.6) is 0 Å². The quantitative estimate of drug-likeness (QED) is 0.600. The Hall–Kier alpha value is -0.960. The average molecular weight is 149 g/mol. The fourth-order valence-electron chi connectivity index (χ4n) is 1.25. The van der Waals surface area contributed by atoms with Gasteiger partial charge in [-0.3, -0.25) is 9.97 Å². The van der Waals surface area contributed by atoms with Crippen LogP contribution in [0.4, 0.5) is 0 Å². The summed E-state index contributed by atoms with van der Waals surface area (Å²) in [5.74, 6) is 0. The van der Waals surface area contributed by atoms with Gasteiger partial charge < -0.3 is 4.74 Å². The van der Waals surface area contributed by atoms with Gasteiger partial charge in [-0.05, 0) is 12.8 Å². The van der Waals surface area contributed by atoms with Crippen molar-refractivity contribution in [1.29, 1.82) is 0 Å². The predicted molar refractivity (Wildman–Crippen MR) is 38.8 cm³/mol. The third kappa shape index (κ3) is 1.38. The van der Waals surface area contributed by atoms with Gasteiger partial charge in [0.15, 0.2) is 0 Å². The topological polar surface area (TPSA) is 35.0 Å². The number of ether oxygens (including phenoxy) is 1. The monoisotopic (exact) mass is 149 g/mol. The van der Waals surface area contributed by atoms with Crippen molar-refractivity contribution in [3.63, 3.8) is 0 Å². The summed E-state index contributed by atoms with van der Waals surface area (Å²) >= 11 is 0.